The van der Waals surface area contributed by atoms with E-state index in [0.29, 0.717) is 17.0 Å². The van der Waals surface area contributed by atoms with Crippen LogP contribution in [-0.4, -0.2) is 37.7 Å². The lowest BCUT2D eigenvalue weighted by Gasteiger charge is -2.05. The second kappa shape index (κ2) is 5.38. The van der Waals surface area contributed by atoms with Gasteiger partial charge < -0.3 is 5.32 Å². The summed E-state index contributed by atoms with van der Waals surface area (Å²) < 4.78 is 25.0. The highest BCUT2D eigenvalue weighted by Crippen LogP contribution is 2.08. The van der Waals surface area contributed by atoms with E-state index >= 15 is 0 Å². The molecule has 8 heteroatoms. The molecule has 0 spiro atoms. The summed E-state index contributed by atoms with van der Waals surface area (Å²) in [7, 11) is -1.78. The molecule has 0 saturated heterocycles. The third kappa shape index (κ3) is 4.54. The average Bonchev–Trinajstić information content (AvgIpc) is 2.18. The van der Waals surface area contributed by atoms with Gasteiger partial charge >= 0.3 is 0 Å². The molecule has 0 fully saturated rings. The Labute approximate surface area is 96.7 Å². The normalized spacial score (nSPS) is 11.3. The fourth-order valence-electron chi connectivity index (χ4n) is 0.846. The van der Waals surface area contributed by atoms with Crippen molar-refractivity contribution in [3.05, 3.63) is 17.0 Å². The summed E-state index contributed by atoms with van der Waals surface area (Å²) in [5.74, 6) is 0.591. The van der Waals surface area contributed by atoms with Crippen molar-refractivity contribution in [3.8, 4) is 0 Å². The van der Waals surface area contributed by atoms with E-state index in [1.165, 1.54) is 13.4 Å². The smallest absolute Gasteiger partial charge is 0.213 e. The summed E-state index contributed by atoms with van der Waals surface area (Å²) in [4.78, 5) is 7.77. The van der Waals surface area contributed by atoms with Crippen molar-refractivity contribution < 1.29 is 8.42 Å². The number of halogens is 1. The lowest BCUT2D eigenvalue weighted by molar-refractivity contribution is 0.588. The Bertz CT molecular complexity index is 423. The summed E-state index contributed by atoms with van der Waals surface area (Å²) >= 11 is 3.19. The summed E-state index contributed by atoms with van der Waals surface area (Å²) in [5.41, 5.74) is 0. The molecule has 1 aromatic rings. The van der Waals surface area contributed by atoms with Gasteiger partial charge in [-0.05, 0) is 23.0 Å². The van der Waals surface area contributed by atoms with Gasteiger partial charge in [0.15, 0.2) is 0 Å². The van der Waals surface area contributed by atoms with Crippen molar-refractivity contribution >= 4 is 31.8 Å². The van der Waals surface area contributed by atoms with Gasteiger partial charge in [-0.1, -0.05) is 0 Å². The highest BCUT2D eigenvalue weighted by molar-refractivity contribution is 9.10. The first-order valence-electron chi connectivity index (χ1n) is 4.16. The van der Waals surface area contributed by atoms with Crippen LogP contribution in [0.15, 0.2) is 17.0 Å². The zero-order valence-corrected chi connectivity index (χ0v) is 10.5. The summed E-state index contributed by atoms with van der Waals surface area (Å²) in [6.07, 6.45) is 1.39. The number of aromatic nitrogens is 2. The zero-order chi connectivity index (χ0) is 11.3. The first-order chi connectivity index (χ1) is 7.03. The standard InChI is InChI=1S/C7H11BrN4O2S/c1-9-15(13,14)3-2-10-7-4-6(8)11-5-12-7/h4-5,9H,2-3H2,1H3,(H,10,11,12). The fraction of sp³-hybridized carbons (Fsp3) is 0.429. The van der Waals surface area contributed by atoms with E-state index < -0.39 is 10.0 Å². The number of nitrogens with zero attached hydrogens (tertiary/aromatic N) is 2. The lowest BCUT2D eigenvalue weighted by Crippen LogP contribution is -2.26. The van der Waals surface area contributed by atoms with Crippen LogP contribution >= 0.6 is 15.9 Å². The molecule has 0 unspecified atom stereocenters. The number of anilines is 1. The van der Waals surface area contributed by atoms with E-state index in [1.54, 1.807) is 6.07 Å². The first kappa shape index (κ1) is 12.3. The Morgan fingerprint density at radius 2 is 2.20 bits per heavy atom. The molecule has 84 valence electrons. The predicted octanol–water partition coefficient (Wildman–Crippen LogP) is 0.200. The minimum atomic E-state index is -3.17. The molecule has 0 bridgehead atoms. The number of nitrogens with one attached hydrogen (secondary N) is 2. The summed E-state index contributed by atoms with van der Waals surface area (Å²) in [5, 5.41) is 2.88. The van der Waals surface area contributed by atoms with Crippen LogP contribution in [0.2, 0.25) is 0 Å². The van der Waals surface area contributed by atoms with Crippen LogP contribution < -0.4 is 10.0 Å². The second-order valence-electron chi connectivity index (χ2n) is 2.68. The van der Waals surface area contributed by atoms with E-state index in [-0.39, 0.29) is 5.75 Å². The Hall–Kier alpha value is -0.730. The SMILES string of the molecule is CNS(=O)(=O)CCNc1cc(Br)ncn1. The third-order valence-electron chi connectivity index (χ3n) is 1.62. The van der Waals surface area contributed by atoms with Crippen molar-refractivity contribution in [2.75, 3.05) is 24.7 Å². The molecule has 0 aromatic carbocycles. The topological polar surface area (TPSA) is 84.0 Å². The maximum Gasteiger partial charge on any atom is 0.213 e. The van der Waals surface area contributed by atoms with Gasteiger partial charge in [0.05, 0.1) is 5.75 Å². The molecule has 0 saturated carbocycles. The maximum atomic E-state index is 11.1. The minimum absolute atomic E-state index is 0.00508. The van der Waals surface area contributed by atoms with E-state index in [9.17, 15) is 8.42 Å². The Balaban J connectivity index is 2.45. The molecule has 15 heavy (non-hydrogen) atoms. The molecule has 0 aliphatic heterocycles. The van der Waals surface area contributed by atoms with Gasteiger partial charge in [0, 0.05) is 12.6 Å². The van der Waals surface area contributed by atoms with Gasteiger partial charge in [0.25, 0.3) is 0 Å². The average molecular weight is 295 g/mol. The molecule has 0 aliphatic rings. The zero-order valence-electron chi connectivity index (χ0n) is 8.07. The minimum Gasteiger partial charge on any atom is -0.369 e. The van der Waals surface area contributed by atoms with Gasteiger partial charge in [-0.2, -0.15) is 0 Å². The fourth-order valence-corrected chi connectivity index (χ4v) is 1.73. The lowest BCUT2D eigenvalue weighted by atomic mass is 10.5. The molecule has 2 N–H and O–H groups in total. The van der Waals surface area contributed by atoms with Gasteiger partial charge in [-0.15, -0.1) is 0 Å². The van der Waals surface area contributed by atoms with E-state index in [1.807, 2.05) is 0 Å². The monoisotopic (exact) mass is 294 g/mol. The number of hydrogen-bond donors (Lipinski definition) is 2. The van der Waals surface area contributed by atoms with E-state index in [0.717, 1.165) is 0 Å². The molecule has 1 heterocycles. The highest BCUT2D eigenvalue weighted by Gasteiger charge is 2.05. The molecule has 0 radical (unpaired) electrons. The summed E-state index contributed by atoms with van der Waals surface area (Å²) in [6.45, 7) is 0.298. The molecule has 6 nitrogen and oxygen atoms in total. The molecule has 0 amide bonds. The predicted molar refractivity (Wildman–Crippen MR) is 61.1 cm³/mol. The number of sulfonamides is 1. The van der Waals surface area contributed by atoms with Crippen LogP contribution in [0.25, 0.3) is 0 Å². The third-order valence-corrected chi connectivity index (χ3v) is 3.42. The van der Waals surface area contributed by atoms with Gasteiger partial charge in [-0.3, -0.25) is 0 Å². The summed E-state index contributed by atoms with van der Waals surface area (Å²) in [6, 6.07) is 1.67. The van der Waals surface area contributed by atoms with Crippen LogP contribution in [0.3, 0.4) is 0 Å². The number of rotatable bonds is 5. The van der Waals surface area contributed by atoms with Crippen molar-refractivity contribution in [2.45, 2.75) is 0 Å². The van der Waals surface area contributed by atoms with Gasteiger partial charge in [0.2, 0.25) is 10.0 Å². The van der Waals surface area contributed by atoms with Crippen molar-refractivity contribution in [3.63, 3.8) is 0 Å². The van der Waals surface area contributed by atoms with E-state index in [2.05, 4.69) is 35.9 Å². The van der Waals surface area contributed by atoms with Crippen LogP contribution in [0, 0.1) is 0 Å². The van der Waals surface area contributed by atoms with Crippen molar-refractivity contribution in [2.24, 2.45) is 0 Å². The van der Waals surface area contributed by atoms with Crippen LogP contribution in [0.4, 0.5) is 5.82 Å². The molecule has 1 aromatic heterocycles. The quantitative estimate of drug-likeness (QED) is 0.758. The molecule has 1 rings (SSSR count). The highest BCUT2D eigenvalue weighted by atomic mass is 79.9. The Kier molecular flexibility index (Phi) is 4.43. The molecular weight excluding hydrogens is 284 g/mol. The van der Waals surface area contributed by atoms with Crippen LogP contribution in [0.5, 0.6) is 0 Å². The number of hydrogen-bond acceptors (Lipinski definition) is 5. The maximum absolute atomic E-state index is 11.1. The molecular formula is C7H11BrN4O2S. The Morgan fingerprint density at radius 1 is 1.47 bits per heavy atom. The van der Waals surface area contributed by atoms with Crippen molar-refractivity contribution in [1.82, 2.24) is 14.7 Å². The Morgan fingerprint density at radius 3 is 2.80 bits per heavy atom. The van der Waals surface area contributed by atoms with Crippen molar-refractivity contribution in [1.29, 1.82) is 0 Å². The molecule has 0 atom stereocenters. The first-order valence-corrected chi connectivity index (χ1v) is 6.60. The van der Waals surface area contributed by atoms with Crippen LogP contribution in [0.1, 0.15) is 0 Å². The largest absolute Gasteiger partial charge is 0.369 e. The van der Waals surface area contributed by atoms with Gasteiger partial charge in [-0.25, -0.2) is 23.1 Å². The molecule has 0 aliphatic carbocycles. The van der Waals surface area contributed by atoms with E-state index in [4.69, 9.17) is 0 Å². The van der Waals surface area contributed by atoms with Crippen LogP contribution in [-0.2, 0) is 10.0 Å². The van der Waals surface area contributed by atoms with Gasteiger partial charge in [0.1, 0.15) is 16.7 Å². The second-order valence-corrected chi connectivity index (χ2v) is 5.53.